The lowest BCUT2D eigenvalue weighted by atomic mass is 9.78. The molecule has 0 radical (unpaired) electrons. The van der Waals surface area contributed by atoms with E-state index in [1.807, 2.05) is 0 Å². The summed E-state index contributed by atoms with van der Waals surface area (Å²) in [7, 11) is 0. The number of halogens is 3. The van der Waals surface area contributed by atoms with Gasteiger partial charge in [0.1, 0.15) is 5.67 Å². The zero-order chi connectivity index (χ0) is 12.6. The average molecular weight is 237 g/mol. The van der Waals surface area contributed by atoms with Crippen LogP contribution < -0.4 is 5.11 Å². The molecule has 1 rings (SSSR count). The van der Waals surface area contributed by atoms with Crippen molar-refractivity contribution in [3.63, 3.8) is 0 Å². The van der Waals surface area contributed by atoms with E-state index in [1.165, 1.54) is 0 Å². The van der Waals surface area contributed by atoms with Gasteiger partial charge in [-0.3, -0.25) is 0 Å². The Bertz CT molecular complexity index is 244. The molecule has 5 heteroatoms. The lowest BCUT2D eigenvalue weighted by molar-refractivity contribution is -0.297. The zero-order valence-corrected chi connectivity index (χ0v) is 9.27. The van der Waals surface area contributed by atoms with Crippen LogP contribution in [-0.2, 0) is 4.79 Å². The smallest absolute Gasteiger partial charge is 0.272 e. The Morgan fingerprint density at radius 3 is 2.19 bits per heavy atom. The number of aliphatic carboxylic acids is 1. The molecule has 0 aliphatic heterocycles. The molecule has 1 aliphatic rings. The van der Waals surface area contributed by atoms with E-state index in [0.29, 0.717) is 0 Å². The fourth-order valence-corrected chi connectivity index (χ4v) is 1.39. The minimum atomic E-state index is -2.25. The van der Waals surface area contributed by atoms with Gasteiger partial charge in [-0.2, -0.15) is 8.78 Å². The Hall–Kier alpha value is -1.00. The number of carboxylic acids is 1. The third-order valence-electron chi connectivity index (χ3n) is 2.45. The zero-order valence-electron chi connectivity index (χ0n) is 9.27. The topological polar surface area (TPSA) is 40.1 Å². The molecule has 0 bridgehead atoms. The van der Waals surface area contributed by atoms with Gasteiger partial charge in [-0.1, -0.05) is 19.8 Å². The van der Waals surface area contributed by atoms with Crippen LogP contribution in [0.25, 0.3) is 0 Å². The summed E-state index contributed by atoms with van der Waals surface area (Å²) >= 11 is 0. The number of carboxylic acid groups (broad SMARTS) is 1. The molecule has 0 unspecified atom stereocenters. The van der Waals surface area contributed by atoms with Crippen LogP contribution in [0.3, 0.4) is 0 Å². The van der Waals surface area contributed by atoms with E-state index >= 15 is 0 Å². The Kier molecular flexibility index (Phi) is 6.85. The Morgan fingerprint density at radius 2 is 2.00 bits per heavy atom. The predicted molar refractivity (Wildman–Crippen MR) is 52.5 cm³/mol. The van der Waals surface area contributed by atoms with Gasteiger partial charge >= 0.3 is 0 Å². The van der Waals surface area contributed by atoms with Crippen molar-refractivity contribution >= 4 is 5.97 Å². The summed E-state index contributed by atoms with van der Waals surface area (Å²) in [5, 5.41) is 9.14. The largest absolute Gasteiger partial charge is 0.545 e. The molecular formula is C11H16F3O2-. The van der Waals surface area contributed by atoms with E-state index in [-0.39, 0.29) is 6.08 Å². The van der Waals surface area contributed by atoms with Crippen LogP contribution in [0.4, 0.5) is 13.2 Å². The van der Waals surface area contributed by atoms with Gasteiger partial charge in [0.15, 0.2) is 0 Å². The minimum Gasteiger partial charge on any atom is -0.545 e. The highest BCUT2D eigenvalue weighted by molar-refractivity contribution is 5.77. The minimum absolute atomic E-state index is 0.278. The number of unbranched alkanes of at least 4 members (excludes halogenated alkanes) is 1. The van der Waals surface area contributed by atoms with Gasteiger partial charge in [-0.25, -0.2) is 4.39 Å². The fraction of sp³-hybridized carbons (Fsp3) is 0.727. The van der Waals surface area contributed by atoms with Crippen molar-refractivity contribution in [3.8, 4) is 0 Å². The molecule has 0 N–H and O–H groups in total. The van der Waals surface area contributed by atoms with Crippen LogP contribution in [0.2, 0.25) is 0 Å². The van der Waals surface area contributed by atoms with Crippen LogP contribution in [-0.4, -0.2) is 11.6 Å². The number of carbonyl (C=O) groups excluding carboxylic acids is 1. The van der Waals surface area contributed by atoms with Crippen LogP contribution in [0.5, 0.6) is 0 Å². The maximum absolute atomic E-state index is 13.1. The van der Waals surface area contributed by atoms with Crippen molar-refractivity contribution in [1.82, 2.24) is 0 Å². The first kappa shape index (κ1) is 15.0. The second kappa shape index (κ2) is 7.30. The van der Waals surface area contributed by atoms with Gasteiger partial charge < -0.3 is 9.90 Å². The Morgan fingerprint density at radius 1 is 1.44 bits per heavy atom. The van der Waals surface area contributed by atoms with Crippen LogP contribution in [0.1, 0.15) is 45.4 Å². The fourth-order valence-electron chi connectivity index (χ4n) is 1.39. The van der Waals surface area contributed by atoms with Crippen LogP contribution >= 0.6 is 0 Å². The number of carbonyl (C=O) groups is 1. The van der Waals surface area contributed by atoms with Crippen molar-refractivity contribution in [1.29, 1.82) is 0 Å². The van der Waals surface area contributed by atoms with E-state index in [9.17, 15) is 13.2 Å². The first-order valence-corrected chi connectivity index (χ1v) is 5.32. The van der Waals surface area contributed by atoms with E-state index in [1.54, 1.807) is 0 Å². The summed E-state index contributed by atoms with van der Waals surface area (Å²) in [6.45, 7) is 2.11. The van der Waals surface area contributed by atoms with Crippen molar-refractivity contribution < 1.29 is 23.1 Å². The monoisotopic (exact) mass is 237 g/mol. The second-order valence-electron chi connectivity index (χ2n) is 3.86. The van der Waals surface area contributed by atoms with Gasteiger partial charge in [-0.15, -0.1) is 0 Å². The molecule has 0 atom stereocenters. The summed E-state index contributed by atoms with van der Waals surface area (Å²) in [6.07, 6.45) is 3.24. The first-order chi connectivity index (χ1) is 7.39. The highest BCUT2D eigenvalue weighted by Crippen LogP contribution is 2.39. The molecule has 94 valence electrons. The van der Waals surface area contributed by atoms with Crippen molar-refractivity contribution in [2.24, 2.45) is 0 Å². The molecule has 0 aromatic rings. The lowest BCUT2D eigenvalue weighted by Gasteiger charge is -2.33. The molecular weight excluding hydrogens is 221 g/mol. The molecule has 0 aromatic carbocycles. The van der Waals surface area contributed by atoms with Crippen molar-refractivity contribution in [3.05, 3.63) is 12.2 Å². The SMILES string of the molecule is CCCCC1(F)CCC1.O=C([O-])C=C(F)F. The maximum atomic E-state index is 13.1. The van der Waals surface area contributed by atoms with E-state index in [0.717, 1.165) is 38.5 Å². The highest BCUT2D eigenvalue weighted by atomic mass is 19.3. The maximum Gasteiger partial charge on any atom is 0.272 e. The van der Waals surface area contributed by atoms with Crippen molar-refractivity contribution in [2.45, 2.75) is 51.1 Å². The normalized spacial score (nSPS) is 16.5. The number of hydrogen-bond donors (Lipinski definition) is 0. The van der Waals surface area contributed by atoms with Gasteiger partial charge in [0, 0.05) is 6.08 Å². The standard InChI is InChI=1S/C8H15F.C3H2F2O2/c1-2-3-5-8(9)6-4-7-8;4-2(5)1-3(6)7/h2-7H2,1H3;1H,(H,6,7)/p-1. The average Bonchev–Trinajstić information content (AvgIpc) is 2.10. The Labute approximate surface area is 93.2 Å². The summed E-state index contributed by atoms with van der Waals surface area (Å²) in [4.78, 5) is 9.14. The first-order valence-electron chi connectivity index (χ1n) is 5.32. The van der Waals surface area contributed by atoms with E-state index < -0.39 is 17.7 Å². The Balaban J connectivity index is 0.000000293. The molecule has 1 saturated carbocycles. The molecule has 1 aliphatic carbocycles. The van der Waals surface area contributed by atoms with Crippen LogP contribution in [0, 0.1) is 0 Å². The molecule has 0 spiro atoms. The van der Waals surface area contributed by atoms with Gasteiger partial charge in [0.2, 0.25) is 0 Å². The van der Waals surface area contributed by atoms with Crippen molar-refractivity contribution in [2.75, 3.05) is 0 Å². The molecule has 0 saturated heterocycles. The third kappa shape index (κ3) is 7.31. The molecule has 2 nitrogen and oxygen atoms in total. The third-order valence-corrected chi connectivity index (χ3v) is 2.45. The lowest BCUT2D eigenvalue weighted by Crippen LogP contribution is -2.31. The van der Waals surface area contributed by atoms with Gasteiger partial charge in [-0.05, 0) is 25.7 Å². The van der Waals surface area contributed by atoms with E-state index in [4.69, 9.17) is 9.90 Å². The van der Waals surface area contributed by atoms with Crippen LogP contribution in [0.15, 0.2) is 12.2 Å². The molecule has 0 aromatic heterocycles. The number of alkyl halides is 1. The molecule has 16 heavy (non-hydrogen) atoms. The second-order valence-corrected chi connectivity index (χ2v) is 3.86. The quantitative estimate of drug-likeness (QED) is 0.705. The number of hydrogen-bond acceptors (Lipinski definition) is 2. The highest BCUT2D eigenvalue weighted by Gasteiger charge is 2.35. The predicted octanol–water partition coefficient (Wildman–Crippen LogP) is 2.59. The summed E-state index contributed by atoms with van der Waals surface area (Å²) in [6, 6.07) is 0. The van der Waals surface area contributed by atoms with Gasteiger partial charge in [0.25, 0.3) is 6.08 Å². The molecule has 1 fully saturated rings. The summed E-state index contributed by atoms with van der Waals surface area (Å²) < 4.78 is 34.5. The number of rotatable bonds is 4. The van der Waals surface area contributed by atoms with E-state index in [2.05, 4.69) is 6.92 Å². The summed E-state index contributed by atoms with van der Waals surface area (Å²) in [5.41, 5.74) is -0.726. The molecule has 0 amide bonds. The summed E-state index contributed by atoms with van der Waals surface area (Å²) in [5.74, 6) is -1.88. The van der Waals surface area contributed by atoms with Gasteiger partial charge in [0.05, 0.1) is 5.97 Å². The molecule has 0 heterocycles.